The zero-order valence-electron chi connectivity index (χ0n) is 18.9. The van der Waals surface area contributed by atoms with Gasteiger partial charge in [-0.3, -0.25) is 29.5 Å². The van der Waals surface area contributed by atoms with Gasteiger partial charge in [-0.1, -0.05) is 30.3 Å². The van der Waals surface area contributed by atoms with Crippen molar-refractivity contribution in [1.29, 1.82) is 0 Å². The van der Waals surface area contributed by atoms with Gasteiger partial charge in [-0.15, -0.1) is 0 Å². The molecule has 12 heteroatoms. The molecule has 1 heterocycles. The van der Waals surface area contributed by atoms with Crippen LogP contribution in [0.3, 0.4) is 0 Å². The lowest BCUT2D eigenvalue weighted by atomic mass is 10.1. The normalized spacial score (nSPS) is 10.8. The van der Waals surface area contributed by atoms with Crippen LogP contribution >= 0.6 is 0 Å². The van der Waals surface area contributed by atoms with E-state index in [1.54, 1.807) is 0 Å². The van der Waals surface area contributed by atoms with Gasteiger partial charge in [0, 0.05) is 18.3 Å². The molecule has 0 fully saturated rings. The molecular weight excluding hydrogens is 486 g/mol. The van der Waals surface area contributed by atoms with Crippen molar-refractivity contribution in [2.24, 2.45) is 5.73 Å². The number of nitrogens with one attached hydrogen (secondary N) is 3. The van der Waals surface area contributed by atoms with Crippen LogP contribution in [0.5, 0.6) is 0 Å². The van der Waals surface area contributed by atoms with Gasteiger partial charge in [-0.25, -0.2) is 13.1 Å². The van der Waals surface area contributed by atoms with Crippen LogP contribution in [-0.2, 0) is 21.2 Å². The van der Waals surface area contributed by atoms with E-state index >= 15 is 0 Å². The van der Waals surface area contributed by atoms with Gasteiger partial charge in [0.05, 0.1) is 17.0 Å². The number of nitrogens with zero attached hydrogens (tertiary/aromatic N) is 1. The third kappa shape index (κ3) is 7.04. The smallest absolute Gasteiger partial charge is 0.276 e. The third-order valence-electron chi connectivity index (χ3n) is 4.89. The molecule has 0 aliphatic carbocycles. The van der Waals surface area contributed by atoms with E-state index in [2.05, 4.69) is 10.3 Å². The molecule has 4 amide bonds. The van der Waals surface area contributed by atoms with Crippen molar-refractivity contribution in [3.63, 3.8) is 0 Å². The van der Waals surface area contributed by atoms with Crippen LogP contribution < -0.4 is 21.1 Å². The first-order valence-electron chi connectivity index (χ1n) is 10.7. The fourth-order valence-electron chi connectivity index (χ4n) is 3.00. The Morgan fingerprint density at radius 1 is 0.806 bits per heavy atom. The van der Waals surface area contributed by atoms with Crippen LogP contribution in [0.25, 0.3) is 0 Å². The molecule has 0 unspecified atom stereocenters. The molecule has 36 heavy (non-hydrogen) atoms. The summed E-state index contributed by atoms with van der Waals surface area (Å²) >= 11 is 0. The molecule has 3 aromatic rings. The van der Waals surface area contributed by atoms with Crippen molar-refractivity contribution in [2.45, 2.75) is 11.3 Å². The summed E-state index contributed by atoms with van der Waals surface area (Å²) in [4.78, 5) is 51.3. The highest BCUT2D eigenvalue weighted by atomic mass is 32.2. The fourth-order valence-corrected chi connectivity index (χ4v) is 3.97. The van der Waals surface area contributed by atoms with E-state index in [0.717, 1.165) is 17.8 Å². The highest BCUT2D eigenvalue weighted by molar-refractivity contribution is 7.90. The number of pyridine rings is 1. The van der Waals surface area contributed by atoms with Gasteiger partial charge in [0.15, 0.2) is 0 Å². The minimum atomic E-state index is -4.25. The number of rotatable bonds is 9. The molecule has 0 aliphatic heterocycles. The number of nitrogens with two attached hydrogens (primary N) is 1. The Morgan fingerprint density at radius 3 is 2.08 bits per heavy atom. The molecule has 0 saturated carbocycles. The van der Waals surface area contributed by atoms with E-state index < -0.39 is 27.7 Å². The topological polar surface area (TPSA) is 177 Å². The largest absolute Gasteiger partial charge is 0.352 e. The zero-order valence-corrected chi connectivity index (χ0v) is 19.7. The minimum Gasteiger partial charge on any atom is -0.352 e. The summed E-state index contributed by atoms with van der Waals surface area (Å²) in [5.41, 5.74) is 6.17. The number of hydrogen-bond acceptors (Lipinski definition) is 8. The summed E-state index contributed by atoms with van der Waals surface area (Å²) in [5.74, 6) is -2.85. The maximum atomic E-state index is 12.6. The number of carbonyl (C=O) groups is 4. The summed E-state index contributed by atoms with van der Waals surface area (Å²) < 4.78 is 27.1. The van der Waals surface area contributed by atoms with Crippen molar-refractivity contribution in [3.05, 3.63) is 95.3 Å². The van der Waals surface area contributed by atoms with E-state index in [1.807, 2.05) is 40.4 Å². The van der Waals surface area contributed by atoms with Gasteiger partial charge in [0.25, 0.3) is 27.7 Å². The summed E-state index contributed by atoms with van der Waals surface area (Å²) in [6.45, 7) is 0.0285. The van der Waals surface area contributed by atoms with Crippen LogP contribution in [0.15, 0.2) is 77.8 Å². The second kappa shape index (κ2) is 11.8. The molecule has 3 rings (SSSR count). The van der Waals surface area contributed by atoms with Gasteiger partial charge in [0.1, 0.15) is 5.69 Å². The van der Waals surface area contributed by atoms with Crippen molar-refractivity contribution in [2.75, 3.05) is 13.1 Å². The number of benzene rings is 2. The van der Waals surface area contributed by atoms with Gasteiger partial charge >= 0.3 is 0 Å². The van der Waals surface area contributed by atoms with Gasteiger partial charge in [-0.2, -0.15) is 0 Å². The minimum absolute atomic E-state index is 0.130. The zero-order chi connectivity index (χ0) is 26.1. The fraction of sp³-hybridized carbons (Fsp3) is 0.125. The maximum absolute atomic E-state index is 12.6. The summed E-state index contributed by atoms with van der Waals surface area (Å²) in [6, 6.07) is 17.1. The molecule has 186 valence electrons. The lowest BCUT2D eigenvalue weighted by Crippen LogP contribution is -2.36. The first-order valence-corrected chi connectivity index (χ1v) is 12.2. The predicted molar refractivity (Wildman–Crippen MR) is 129 cm³/mol. The Bertz CT molecular complexity index is 1360. The summed E-state index contributed by atoms with van der Waals surface area (Å²) in [7, 11) is -4.25. The molecule has 0 saturated heterocycles. The molecule has 1 aromatic heterocycles. The SMILES string of the molecule is NCC(=O)NC(=O)c1ccc(C(=O)NS(=O)(=O)c2ccc(C(=O)NCCc3ccccc3)cc2)cn1. The van der Waals surface area contributed by atoms with Gasteiger partial charge < -0.3 is 11.1 Å². The van der Waals surface area contributed by atoms with Crippen molar-refractivity contribution < 1.29 is 27.6 Å². The molecule has 0 atom stereocenters. The standard InChI is InChI=1S/C24H23N5O6S/c25-14-21(30)28-24(33)20-11-8-18(15-27-20)23(32)29-36(34,35)19-9-6-17(7-10-19)22(31)26-13-12-16-4-2-1-3-5-16/h1-11,15H,12-14,25H2,(H,26,31)(H,29,32)(H,28,30,33). The number of imide groups is 1. The Morgan fingerprint density at radius 2 is 1.47 bits per heavy atom. The molecule has 2 aromatic carbocycles. The first kappa shape index (κ1) is 26.2. The molecule has 0 radical (unpaired) electrons. The average Bonchev–Trinajstić information content (AvgIpc) is 2.89. The van der Waals surface area contributed by atoms with E-state index in [4.69, 9.17) is 5.73 Å². The second-order valence-corrected chi connectivity index (χ2v) is 9.15. The van der Waals surface area contributed by atoms with Crippen LogP contribution in [0.4, 0.5) is 0 Å². The highest BCUT2D eigenvalue weighted by Crippen LogP contribution is 2.12. The average molecular weight is 510 g/mol. The van der Waals surface area contributed by atoms with Crippen LogP contribution in [0.1, 0.15) is 36.8 Å². The predicted octanol–water partition coefficient (Wildman–Crippen LogP) is 0.388. The van der Waals surface area contributed by atoms with Crippen LogP contribution in [0.2, 0.25) is 0 Å². The quantitative estimate of drug-likeness (QED) is 0.320. The first-order chi connectivity index (χ1) is 17.2. The third-order valence-corrected chi connectivity index (χ3v) is 6.24. The Labute approximate surface area is 207 Å². The lowest BCUT2D eigenvalue weighted by Gasteiger charge is -2.09. The number of aromatic nitrogens is 1. The Kier molecular flexibility index (Phi) is 8.60. The Balaban J connectivity index is 1.58. The lowest BCUT2D eigenvalue weighted by molar-refractivity contribution is -0.118. The van der Waals surface area contributed by atoms with Crippen molar-refractivity contribution in [3.8, 4) is 0 Å². The van der Waals surface area contributed by atoms with Crippen molar-refractivity contribution in [1.82, 2.24) is 20.3 Å². The van der Waals surface area contributed by atoms with E-state index in [-0.39, 0.29) is 34.2 Å². The van der Waals surface area contributed by atoms with Crippen molar-refractivity contribution >= 4 is 33.7 Å². The molecule has 11 nitrogen and oxygen atoms in total. The van der Waals surface area contributed by atoms with Crippen LogP contribution in [0, 0.1) is 0 Å². The number of carbonyl (C=O) groups excluding carboxylic acids is 4. The molecule has 0 bridgehead atoms. The maximum Gasteiger partial charge on any atom is 0.276 e. The molecule has 0 spiro atoms. The summed E-state index contributed by atoms with van der Waals surface area (Å²) in [5, 5.41) is 4.76. The molecule has 5 N–H and O–H groups in total. The van der Waals surface area contributed by atoms with Crippen LogP contribution in [-0.4, -0.2) is 50.1 Å². The number of sulfonamides is 1. The van der Waals surface area contributed by atoms with E-state index in [0.29, 0.717) is 13.0 Å². The monoisotopic (exact) mass is 509 g/mol. The summed E-state index contributed by atoms with van der Waals surface area (Å²) in [6.07, 6.45) is 1.65. The molecule has 0 aliphatic rings. The van der Waals surface area contributed by atoms with Gasteiger partial charge in [0.2, 0.25) is 5.91 Å². The number of hydrogen-bond donors (Lipinski definition) is 4. The number of amides is 4. The van der Waals surface area contributed by atoms with Gasteiger partial charge in [-0.05, 0) is 48.4 Å². The van der Waals surface area contributed by atoms with E-state index in [1.165, 1.54) is 30.3 Å². The Hall–Kier alpha value is -4.42. The highest BCUT2D eigenvalue weighted by Gasteiger charge is 2.20. The molecular formula is C24H23N5O6S. The second-order valence-electron chi connectivity index (χ2n) is 7.46. The van der Waals surface area contributed by atoms with E-state index in [9.17, 15) is 27.6 Å².